The van der Waals surface area contributed by atoms with Crippen LogP contribution in [0.5, 0.6) is 0 Å². The number of rotatable bonds is 6. The smallest absolute Gasteiger partial charge is 0.0895 e. The lowest BCUT2D eigenvalue weighted by molar-refractivity contribution is 0.00318. The Labute approximate surface area is 111 Å². The van der Waals surface area contributed by atoms with Gasteiger partial charge >= 0.3 is 0 Å². The Kier molecular flexibility index (Phi) is 4.94. The summed E-state index contributed by atoms with van der Waals surface area (Å²) in [6.45, 7) is 7.93. The molecule has 0 unspecified atom stereocenters. The highest BCUT2D eigenvalue weighted by Crippen LogP contribution is 2.38. The summed E-state index contributed by atoms with van der Waals surface area (Å²) in [5.41, 5.74) is 0.0755. The molecule has 0 spiro atoms. The minimum absolute atomic E-state index is 0.657. The van der Waals surface area contributed by atoms with E-state index in [0.717, 1.165) is 11.1 Å². The molecule has 0 radical (unpaired) electrons. The summed E-state index contributed by atoms with van der Waals surface area (Å²) in [6, 6.07) is 7.75. The summed E-state index contributed by atoms with van der Waals surface area (Å²) in [7, 11) is 0. The van der Waals surface area contributed by atoms with E-state index in [1.54, 1.807) is 0 Å². The summed E-state index contributed by atoms with van der Waals surface area (Å²) >= 11 is 0. The third kappa shape index (κ3) is 2.60. The van der Waals surface area contributed by atoms with Crippen LogP contribution in [0, 0.1) is 0 Å². The third-order valence-corrected chi connectivity index (χ3v) is 4.27. The zero-order valence-corrected chi connectivity index (χ0v) is 12.0. The summed E-state index contributed by atoms with van der Waals surface area (Å²) in [5.74, 6) is 0. The highest BCUT2D eigenvalue weighted by molar-refractivity contribution is 5.36. The van der Waals surface area contributed by atoms with Gasteiger partial charge in [0.25, 0.3) is 0 Å². The van der Waals surface area contributed by atoms with Crippen molar-refractivity contribution in [3.05, 3.63) is 35.4 Å². The van der Waals surface area contributed by atoms with Crippen molar-refractivity contribution in [1.29, 1.82) is 0 Å². The molecule has 1 aromatic carbocycles. The average Bonchev–Trinajstić information content (AvgIpc) is 2.45. The first-order chi connectivity index (χ1) is 8.47. The van der Waals surface area contributed by atoms with E-state index in [2.05, 4.69) is 0 Å². The van der Waals surface area contributed by atoms with Crippen molar-refractivity contribution >= 4 is 0 Å². The fraction of sp³-hybridized carbons (Fsp3) is 0.625. The van der Waals surface area contributed by atoms with Crippen LogP contribution in [0.4, 0.5) is 0 Å². The van der Waals surface area contributed by atoms with Crippen LogP contribution >= 0.6 is 0 Å². The van der Waals surface area contributed by atoms with Gasteiger partial charge in [-0.25, -0.2) is 0 Å². The fourth-order valence-electron chi connectivity index (χ4n) is 2.56. The standard InChI is InChI=1S/C16H26O2/c1-5-15(17,6-2)13-11-9-10-12-14(13)16(18,7-3)8-4/h9-12,17-18H,5-8H2,1-4H3. The van der Waals surface area contributed by atoms with Crippen molar-refractivity contribution in [2.75, 3.05) is 0 Å². The van der Waals surface area contributed by atoms with Gasteiger partial charge in [-0.2, -0.15) is 0 Å². The molecule has 102 valence electrons. The fourth-order valence-corrected chi connectivity index (χ4v) is 2.56. The van der Waals surface area contributed by atoms with Crippen molar-refractivity contribution < 1.29 is 10.2 Å². The number of hydrogen-bond donors (Lipinski definition) is 2. The predicted octanol–water partition coefficient (Wildman–Crippen LogP) is 3.70. The zero-order chi connectivity index (χ0) is 13.8. The second-order valence-corrected chi connectivity index (χ2v) is 5.02. The summed E-state index contributed by atoms with van der Waals surface area (Å²) in [6.07, 6.45) is 2.63. The van der Waals surface area contributed by atoms with Gasteiger partial charge in [0.15, 0.2) is 0 Å². The highest BCUT2D eigenvalue weighted by atomic mass is 16.3. The summed E-state index contributed by atoms with van der Waals surface area (Å²) < 4.78 is 0. The van der Waals surface area contributed by atoms with Gasteiger partial charge in [0.2, 0.25) is 0 Å². The molecular weight excluding hydrogens is 224 g/mol. The Bertz CT molecular complexity index is 339. The first kappa shape index (κ1) is 15.2. The van der Waals surface area contributed by atoms with Crippen LogP contribution < -0.4 is 0 Å². The molecule has 2 nitrogen and oxygen atoms in total. The van der Waals surface area contributed by atoms with Gasteiger partial charge in [0.05, 0.1) is 11.2 Å². The largest absolute Gasteiger partial charge is 0.385 e. The van der Waals surface area contributed by atoms with E-state index >= 15 is 0 Å². The number of hydrogen-bond acceptors (Lipinski definition) is 2. The molecule has 0 aliphatic rings. The van der Waals surface area contributed by atoms with Crippen LogP contribution in [0.15, 0.2) is 24.3 Å². The van der Waals surface area contributed by atoms with Crippen molar-refractivity contribution in [2.45, 2.75) is 64.6 Å². The number of benzene rings is 1. The Balaban J connectivity index is 3.39. The zero-order valence-electron chi connectivity index (χ0n) is 12.0. The van der Waals surface area contributed by atoms with Crippen LogP contribution in [0.25, 0.3) is 0 Å². The summed E-state index contributed by atoms with van der Waals surface area (Å²) in [4.78, 5) is 0. The Morgan fingerprint density at radius 3 is 1.22 bits per heavy atom. The van der Waals surface area contributed by atoms with E-state index in [1.807, 2.05) is 52.0 Å². The van der Waals surface area contributed by atoms with Crippen LogP contribution in [0.3, 0.4) is 0 Å². The molecule has 0 atom stereocenters. The Hall–Kier alpha value is -0.860. The average molecular weight is 250 g/mol. The monoisotopic (exact) mass is 250 g/mol. The lowest BCUT2D eigenvalue weighted by Crippen LogP contribution is -2.32. The van der Waals surface area contributed by atoms with Crippen LogP contribution in [0.1, 0.15) is 64.5 Å². The van der Waals surface area contributed by atoms with Crippen LogP contribution in [0.2, 0.25) is 0 Å². The van der Waals surface area contributed by atoms with Crippen LogP contribution in [-0.4, -0.2) is 10.2 Å². The molecule has 0 saturated carbocycles. The van der Waals surface area contributed by atoms with Gasteiger partial charge in [0.1, 0.15) is 0 Å². The summed E-state index contributed by atoms with van der Waals surface area (Å²) in [5, 5.41) is 21.4. The first-order valence-electron chi connectivity index (χ1n) is 7.02. The maximum Gasteiger partial charge on any atom is 0.0895 e. The van der Waals surface area contributed by atoms with E-state index in [9.17, 15) is 10.2 Å². The topological polar surface area (TPSA) is 40.5 Å². The van der Waals surface area contributed by atoms with E-state index in [0.29, 0.717) is 25.7 Å². The maximum absolute atomic E-state index is 10.7. The van der Waals surface area contributed by atoms with Gasteiger partial charge < -0.3 is 10.2 Å². The van der Waals surface area contributed by atoms with Crippen molar-refractivity contribution in [2.24, 2.45) is 0 Å². The van der Waals surface area contributed by atoms with Crippen molar-refractivity contribution in [3.63, 3.8) is 0 Å². The van der Waals surface area contributed by atoms with E-state index in [-0.39, 0.29) is 0 Å². The SMILES string of the molecule is CCC(O)(CC)c1ccccc1C(O)(CC)CC. The third-order valence-electron chi connectivity index (χ3n) is 4.27. The molecule has 1 aromatic rings. The molecule has 2 heteroatoms. The Morgan fingerprint density at radius 2 is 1.00 bits per heavy atom. The minimum Gasteiger partial charge on any atom is -0.385 e. The molecule has 2 N–H and O–H groups in total. The second-order valence-electron chi connectivity index (χ2n) is 5.02. The molecule has 0 aliphatic heterocycles. The van der Waals surface area contributed by atoms with Gasteiger partial charge in [-0.05, 0) is 36.8 Å². The normalized spacial score (nSPS) is 12.8. The molecular formula is C16H26O2. The van der Waals surface area contributed by atoms with Crippen molar-refractivity contribution in [3.8, 4) is 0 Å². The molecule has 0 fully saturated rings. The van der Waals surface area contributed by atoms with Gasteiger partial charge in [0, 0.05) is 0 Å². The van der Waals surface area contributed by atoms with E-state index in [4.69, 9.17) is 0 Å². The quantitative estimate of drug-likeness (QED) is 0.808. The van der Waals surface area contributed by atoms with Gasteiger partial charge in [-0.15, -0.1) is 0 Å². The maximum atomic E-state index is 10.7. The lowest BCUT2D eigenvalue weighted by atomic mass is 9.78. The molecule has 18 heavy (non-hydrogen) atoms. The molecule has 0 heterocycles. The highest BCUT2D eigenvalue weighted by Gasteiger charge is 2.34. The molecule has 0 amide bonds. The Morgan fingerprint density at radius 1 is 0.722 bits per heavy atom. The van der Waals surface area contributed by atoms with Crippen LogP contribution in [-0.2, 0) is 11.2 Å². The first-order valence-corrected chi connectivity index (χ1v) is 7.02. The molecule has 0 bridgehead atoms. The second kappa shape index (κ2) is 5.85. The van der Waals surface area contributed by atoms with Crippen molar-refractivity contribution in [1.82, 2.24) is 0 Å². The molecule has 0 saturated heterocycles. The van der Waals surface area contributed by atoms with Gasteiger partial charge in [-0.1, -0.05) is 52.0 Å². The minimum atomic E-state index is -0.838. The molecule has 1 rings (SSSR count). The van der Waals surface area contributed by atoms with E-state index in [1.165, 1.54) is 0 Å². The van der Waals surface area contributed by atoms with E-state index < -0.39 is 11.2 Å². The molecule has 0 aliphatic carbocycles. The predicted molar refractivity (Wildman–Crippen MR) is 75.4 cm³/mol. The van der Waals surface area contributed by atoms with Gasteiger partial charge in [-0.3, -0.25) is 0 Å². The lowest BCUT2D eigenvalue weighted by Gasteiger charge is -2.34. The molecule has 0 aromatic heterocycles. The number of aliphatic hydroxyl groups is 2.